The van der Waals surface area contributed by atoms with Gasteiger partial charge in [0.15, 0.2) is 5.76 Å². The summed E-state index contributed by atoms with van der Waals surface area (Å²) in [6, 6.07) is 7.63. The molecule has 0 aliphatic carbocycles. The highest BCUT2D eigenvalue weighted by atomic mass is 35.5. The molecule has 21 heavy (non-hydrogen) atoms. The van der Waals surface area contributed by atoms with Crippen molar-refractivity contribution in [3.63, 3.8) is 0 Å². The van der Waals surface area contributed by atoms with E-state index in [1.165, 1.54) is 12.8 Å². The van der Waals surface area contributed by atoms with Gasteiger partial charge >= 0.3 is 0 Å². The lowest BCUT2D eigenvalue weighted by Crippen LogP contribution is -2.35. The molecule has 5 heteroatoms. The van der Waals surface area contributed by atoms with Gasteiger partial charge in [-0.05, 0) is 50.5 Å². The maximum Gasteiger partial charge on any atom is 0.209 e. The fourth-order valence-corrected chi connectivity index (χ4v) is 2.92. The molecule has 0 atom stereocenters. The Morgan fingerprint density at radius 2 is 2.14 bits per heavy atom. The number of piperidine rings is 1. The van der Waals surface area contributed by atoms with Crippen LogP contribution in [-0.4, -0.2) is 29.5 Å². The number of hydrogen-bond acceptors (Lipinski definition) is 4. The van der Waals surface area contributed by atoms with Crippen LogP contribution in [0.1, 0.15) is 18.7 Å². The molecule has 0 amide bonds. The number of hydrogen-bond donors (Lipinski definition) is 1. The van der Waals surface area contributed by atoms with Crippen LogP contribution in [0.5, 0.6) is 0 Å². The maximum absolute atomic E-state index is 6.00. The number of nitrogens with two attached hydrogens (primary N) is 1. The first-order valence-electron chi connectivity index (χ1n) is 7.37. The van der Waals surface area contributed by atoms with E-state index in [0.29, 0.717) is 10.9 Å². The molecular weight excluding hydrogens is 286 g/mol. The lowest BCUT2D eigenvalue weighted by molar-refractivity contribution is 0.167. The standard InChI is InChI=1S/C16H20ClN3O/c17-14-3-1-2-13(8-14)15-10-19-16(21-15)11-20-6-4-12(9-18)5-7-20/h1-3,8,10,12H,4-7,9,11,18H2. The fraction of sp³-hybridized carbons (Fsp3) is 0.438. The van der Waals surface area contributed by atoms with E-state index >= 15 is 0 Å². The third-order valence-corrected chi connectivity index (χ3v) is 4.30. The van der Waals surface area contributed by atoms with E-state index in [0.717, 1.165) is 43.4 Å². The van der Waals surface area contributed by atoms with Crippen LogP contribution >= 0.6 is 11.6 Å². The normalized spacial score (nSPS) is 17.2. The molecule has 1 aliphatic rings. The van der Waals surface area contributed by atoms with Gasteiger partial charge in [0.1, 0.15) is 0 Å². The van der Waals surface area contributed by atoms with Crippen molar-refractivity contribution in [2.75, 3.05) is 19.6 Å². The van der Waals surface area contributed by atoms with E-state index in [9.17, 15) is 0 Å². The first-order valence-corrected chi connectivity index (χ1v) is 7.75. The number of likely N-dealkylation sites (tertiary alicyclic amines) is 1. The summed E-state index contributed by atoms with van der Waals surface area (Å²) in [5, 5.41) is 0.703. The van der Waals surface area contributed by atoms with Gasteiger partial charge in [-0.3, -0.25) is 4.90 Å². The number of benzene rings is 1. The van der Waals surface area contributed by atoms with Crippen molar-refractivity contribution < 1.29 is 4.42 Å². The molecule has 2 aromatic rings. The predicted octanol–water partition coefficient (Wildman–Crippen LogP) is 3.17. The molecule has 1 aromatic carbocycles. The van der Waals surface area contributed by atoms with E-state index in [1.807, 2.05) is 24.3 Å². The molecule has 0 spiro atoms. The van der Waals surface area contributed by atoms with E-state index in [-0.39, 0.29) is 0 Å². The minimum Gasteiger partial charge on any atom is -0.439 e. The minimum absolute atomic E-state index is 0.674. The van der Waals surface area contributed by atoms with Gasteiger partial charge in [-0.15, -0.1) is 0 Å². The Hall–Kier alpha value is -1.36. The summed E-state index contributed by atoms with van der Waals surface area (Å²) < 4.78 is 5.84. The average molecular weight is 306 g/mol. The second kappa shape index (κ2) is 6.60. The van der Waals surface area contributed by atoms with Crippen molar-refractivity contribution in [1.29, 1.82) is 0 Å². The smallest absolute Gasteiger partial charge is 0.209 e. The van der Waals surface area contributed by atoms with E-state index in [4.69, 9.17) is 21.8 Å². The highest BCUT2D eigenvalue weighted by Crippen LogP contribution is 2.24. The van der Waals surface area contributed by atoms with E-state index in [1.54, 1.807) is 6.20 Å². The largest absolute Gasteiger partial charge is 0.439 e. The molecule has 2 N–H and O–H groups in total. The Morgan fingerprint density at radius 1 is 1.33 bits per heavy atom. The Labute approximate surface area is 129 Å². The van der Waals surface area contributed by atoms with Crippen LogP contribution in [0.15, 0.2) is 34.9 Å². The number of oxazole rings is 1. The van der Waals surface area contributed by atoms with E-state index in [2.05, 4.69) is 9.88 Å². The summed E-state index contributed by atoms with van der Waals surface area (Å²) in [4.78, 5) is 6.75. The second-order valence-corrected chi connectivity index (χ2v) is 6.02. The van der Waals surface area contributed by atoms with Gasteiger partial charge in [-0.1, -0.05) is 23.7 Å². The Bertz CT molecular complexity index is 591. The molecule has 1 saturated heterocycles. The van der Waals surface area contributed by atoms with Gasteiger partial charge in [0.05, 0.1) is 12.7 Å². The van der Waals surface area contributed by atoms with Crippen LogP contribution in [0, 0.1) is 5.92 Å². The van der Waals surface area contributed by atoms with E-state index < -0.39 is 0 Å². The zero-order chi connectivity index (χ0) is 14.7. The molecule has 1 aromatic heterocycles. The van der Waals surface area contributed by atoms with Crippen molar-refractivity contribution in [2.45, 2.75) is 19.4 Å². The third kappa shape index (κ3) is 3.64. The Morgan fingerprint density at radius 3 is 2.86 bits per heavy atom. The molecule has 0 unspecified atom stereocenters. The van der Waals surface area contributed by atoms with Gasteiger partial charge in [-0.25, -0.2) is 4.98 Å². The van der Waals surface area contributed by atoms with Gasteiger partial charge < -0.3 is 10.2 Å². The van der Waals surface area contributed by atoms with Crippen LogP contribution in [0.2, 0.25) is 5.02 Å². The SMILES string of the molecule is NCC1CCN(Cc2ncc(-c3cccc(Cl)c3)o2)CC1. The first-order chi connectivity index (χ1) is 10.2. The summed E-state index contributed by atoms with van der Waals surface area (Å²) >= 11 is 6.00. The molecule has 0 radical (unpaired) electrons. The van der Waals surface area contributed by atoms with Crippen LogP contribution in [0.25, 0.3) is 11.3 Å². The number of nitrogens with zero attached hydrogens (tertiary/aromatic N) is 2. The molecule has 0 saturated carbocycles. The van der Waals surface area contributed by atoms with Crippen molar-refractivity contribution in [2.24, 2.45) is 11.7 Å². The molecular formula is C16H20ClN3O. The van der Waals surface area contributed by atoms with Crippen molar-refractivity contribution in [3.05, 3.63) is 41.4 Å². The molecule has 4 nitrogen and oxygen atoms in total. The fourth-order valence-electron chi connectivity index (χ4n) is 2.73. The van der Waals surface area contributed by atoms with Crippen molar-refractivity contribution in [3.8, 4) is 11.3 Å². The van der Waals surface area contributed by atoms with Crippen LogP contribution in [0.3, 0.4) is 0 Å². The highest BCUT2D eigenvalue weighted by Gasteiger charge is 2.19. The molecule has 2 heterocycles. The predicted molar refractivity (Wildman–Crippen MR) is 84.0 cm³/mol. The molecule has 0 bridgehead atoms. The monoisotopic (exact) mass is 305 g/mol. The lowest BCUT2D eigenvalue weighted by atomic mass is 9.97. The van der Waals surface area contributed by atoms with Gasteiger partial charge in [0.25, 0.3) is 0 Å². The van der Waals surface area contributed by atoms with Crippen LogP contribution < -0.4 is 5.73 Å². The number of aromatic nitrogens is 1. The summed E-state index contributed by atoms with van der Waals surface area (Å²) in [5.41, 5.74) is 6.68. The van der Waals surface area contributed by atoms with Crippen molar-refractivity contribution >= 4 is 11.6 Å². The third-order valence-electron chi connectivity index (χ3n) is 4.06. The Kier molecular flexibility index (Phi) is 4.58. The number of rotatable bonds is 4. The summed E-state index contributed by atoms with van der Waals surface area (Å²) in [7, 11) is 0. The molecule has 1 fully saturated rings. The summed E-state index contributed by atoms with van der Waals surface area (Å²) in [6.07, 6.45) is 4.10. The first kappa shape index (κ1) is 14.6. The summed E-state index contributed by atoms with van der Waals surface area (Å²) in [6.45, 7) is 3.69. The van der Waals surface area contributed by atoms with Gasteiger partial charge in [0, 0.05) is 10.6 Å². The zero-order valence-electron chi connectivity index (χ0n) is 12.0. The number of halogens is 1. The highest BCUT2D eigenvalue weighted by molar-refractivity contribution is 6.30. The average Bonchev–Trinajstić information content (AvgIpc) is 2.97. The molecule has 3 rings (SSSR count). The van der Waals surface area contributed by atoms with Crippen molar-refractivity contribution in [1.82, 2.24) is 9.88 Å². The molecule has 1 aliphatic heterocycles. The minimum atomic E-state index is 0.674. The lowest BCUT2D eigenvalue weighted by Gasteiger charge is -2.30. The zero-order valence-corrected chi connectivity index (χ0v) is 12.7. The Balaban J connectivity index is 1.63. The summed E-state index contributed by atoms with van der Waals surface area (Å²) in [5.74, 6) is 2.20. The topological polar surface area (TPSA) is 55.3 Å². The molecule has 112 valence electrons. The maximum atomic E-state index is 6.00. The van der Waals surface area contributed by atoms with Gasteiger partial charge in [0.2, 0.25) is 5.89 Å². The quantitative estimate of drug-likeness (QED) is 0.942. The van der Waals surface area contributed by atoms with Crippen LogP contribution in [0.4, 0.5) is 0 Å². The van der Waals surface area contributed by atoms with Gasteiger partial charge in [-0.2, -0.15) is 0 Å². The second-order valence-electron chi connectivity index (χ2n) is 5.58. The van der Waals surface area contributed by atoms with Crippen LogP contribution in [-0.2, 0) is 6.54 Å².